The summed E-state index contributed by atoms with van der Waals surface area (Å²) in [5.41, 5.74) is 2.30. The van der Waals surface area contributed by atoms with Crippen molar-refractivity contribution >= 4 is 16.9 Å². The average molecular weight is 480 g/mol. The van der Waals surface area contributed by atoms with Gasteiger partial charge in [-0.1, -0.05) is 24.3 Å². The van der Waals surface area contributed by atoms with Crippen LogP contribution in [0.1, 0.15) is 23.5 Å². The second-order valence-corrected chi connectivity index (χ2v) is 8.28. The van der Waals surface area contributed by atoms with Crippen molar-refractivity contribution in [3.05, 3.63) is 113 Å². The van der Waals surface area contributed by atoms with Crippen molar-refractivity contribution < 1.29 is 23.1 Å². The zero-order chi connectivity index (χ0) is 24.6. The molecule has 0 saturated carbocycles. The molecular formula is C28H17FN2O5. The van der Waals surface area contributed by atoms with Crippen LogP contribution in [0.2, 0.25) is 0 Å². The second-order valence-electron chi connectivity index (χ2n) is 8.28. The Kier molecular flexibility index (Phi) is 5.26. The van der Waals surface area contributed by atoms with Crippen LogP contribution in [-0.2, 0) is 4.79 Å². The van der Waals surface area contributed by atoms with Crippen LogP contribution in [0.4, 0.5) is 4.39 Å². The number of ether oxygens (including phenoxy) is 2. The first-order valence-electron chi connectivity index (χ1n) is 11.2. The number of benzene rings is 3. The van der Waals surface area contributed by atoms with Gasteiger partial charge < -0.3 is 13.9 Å². The largest absolute Gasteiger partial charge is 0.463 e. The summed E-state index contributed by atoms with van der Waals surface area (Å²) in [6.07, 6.45) is 4.57. The Bertz CT molecular complexity index is 1670. The standard InChI is InChI=1S/C28H17FN2O5/c29-18-7-5-16(6-8-18)22-15-34-27-20(26(22)33)9-10-23-25(27)21(14-24(32)36-23)17-3-1-4-19(13-17)35-28-30-11-2-12-31-28/h1-13,15,21H,14H2/t21-/m1/s1. The van der Waals surface area contributed by atoms with Gasteiger partial charge in [0.05, 0.1) is 17.4 Å². The number of esters is 1. The maximum Gasteiger partial charge on any atom is 0.321 e. The highest BCUT2D eigenvalue weighted by molar-refractivity contribution is 5.90. The summed E-state index contributed by atoms with van der Waals surface area (Å²) >= 11 is 0. The molecular weight excluding hydrogens is 463 g/mol. The van der Waals surface area contributed by atoms with E-state index in [1.807, 2.05) is 6.07 Å². The van der Waals surface area contributed by atoms with E-state index in [9.17, 15) is 14.0 Å². The number of nitrogens with zero attached hydrogens (tertiary/aromatic N) is 2. The minimum absolute atomic E-state index is 0.0564. The van der Waals surface area contributed by atoms with Crippen LogP contribution in [0, 0.1) is 5.82 Å². The van der Waals surface area contributed by atoms with E-state index in [0.29, 0.717) is 39.2 Å². The highest BCUT2D eigenvalue weighted by Gasteiger charge is 2.32. The molecule has 0 bridgehead atoms. The summed E-state index contributed by atoms with van der Waals surface area (Å²) in [4.78, 5) is 34.0. The number of carbonyl (C=O) groups excluding carboxylic acids is 1. The van der Waals surface area contributed by atoms with E-state index in [4.69, 9.17) is 13.9 Å². The molecule has 3 heterocycles. The molecule has 36 heavy (non-hydrogen) atoms. The number of hydrogen-bond acceptors (Lipinski definition) is 7. The van der Waals surface area contributed by atoms with Crippen molar-refractivity contribution in [2.75, 3.05) is 0 Å². The summed E-state index contributed by atoms with van der Waals surface area (Å²) in [6, 6.07) is 17.9. The van der Waals surface area contributed by atoms with Gasteiger partial charge in [-0.25, -0.2) is 14.4 Å². The molecule has 3 aromatic carbocycles. The monoisotopic (exact) mass is 480 g/mol. The van der Waals surface area contributed by atoms with Crippen LogP contribution in [0.25, 0.3) is 22.1 Å². The minimum atomic E-state index is -0.440. The molecule has 0 N–H and O–H groups in total. The fourth-order valence-corrected chi connectivity index (χ4v) is 4.41. The lowest BCUT2D eigenvalue weighted by Crippen LogP contribution is -2.22. The number of rotatable bonds is 4. The Morgan fingerprint density at radius 3 is 2.56 bits per heavy atom. The van der Waals surface area contributed by atoms with Gasteiger partial charge in [-0.15, -0.1) is 0 Å². The Morgan fingerprint density at radius 1 is 0.944 bits per heavy atom. The number of hydrogen-bond donors (Lipinski definition) is 0. The molecule has 5 aromatic rings. The van der Waals surface area contributed by atoms with Gasteiger partial charge in [0, 0.05) is 23.9 Å². The average Bonchev–Trinajstić information content (AvgIpc) is 2.89. The predicted molar refractivity (Wildman–Crippen MR) is 129 cm³/mol. The zero-order valence-corrected chi connectivity index (χ0v) is 18.7. The third-order valence-corrected chi connectivity index (χ3v) is 6.05. The van der Waals surface area contributed by atoms with Crippen molar-refractivity contribution in [2.24, 2.45) is 0 Å². The van der Waals surface area contributed by atoms with Crippen LogP contribution in [-0.4, -0.2) is 15.9 Å². The van der Waals surface area contributed by atoms with Crippen molar-refractivity contribution in [2.45, 2.75) is 12.3 Å². The fourth-order valence-electron chi connectivity index (χ4n) is 4.41. The molecule has 0 amide bonds. The van der Waals surface area contributed by atoms with Crippen molar-refractivity contribution in [1.82, 2.24) is 9.97 Å². The van der Waals surface area contributed by atoms with Gasteiger partial charge in [0.25, 0.3) is 0 Å². The molecule has 0 spiro atoms. The maximum absolute atomic E-state index is 13.4. The molecule has 1 aliphatic rings. The van der Waals surface area contributed by atoms with Crippen LogP contribution >= 0.6 is 0 Å². The van der Waals surface area contributed by atoms with Crippen LogP contribution < -0.4 is 14.9 Å². The highest BCUT2D eigenvalue weighted by atomic mass is 19.1. The number of fused-ring (bicyclic) bond motifs is 3. The van der Waals surface area contributed by atoms with E-state index in [1.54, 1.807) is 48.8 Å². The molecule has 6 rings (SSSR count). The summed E-state index contributed by atoms with van der Waals surface area (Å²) in [6.45, 7) is 0. The summed E-state index contributed by atoms with van der Waals surface area (Å²) < 4.78 is 30.6. The van der Waals surface area contributed by atoms with Crippen molar-refractivity contribution in [3.8, 4) is 28.6 Å². The van der Waals surface area contributed by atoms with E-state index in [2.05, 4.69) is 9.97 Å². The lowest BCUT2D eigenvalue weighted by molar-refractivity contribution is -0.135. The van der Waals surface area contributed by atoms with Gasteiger partial charge in [-0.3, -0.25) is 9.59 Å². The Morgan fingerprint density at radius 2 is 1.75 bits per heavy atom. The molecule has 0 saturated heterocycles. The van der Waals surface area contributed by atoms with Gasteiger partial charge in [-0.2, -0.15) is 0 Å². The van der Waals surface area contributed by atoms with E-state index < -0.39 is 17.7 Å². The third-order valence-electron chi connectivity index (χ3n) is 6.05. The lowest BCUT2D eigenvalue weighted by atomic mass is 9.85. The zero-order valence-electron chi connectivity index (χ0n) is 18.7. The Labute approximate surface area is 203 Å². The van der Waals surface area contributed by atoms with E-state index in [1.165, 1.54) is 30.5 Å². The molecule has 8 heteroatoms. The highest BCUT2D eigenvalue weighted by Crippen LogP contribution is 2.43. The molecule has 176 valence electrons. The molecule has 1 aliphatic heterocycles. The van der Waals surface area contributed by atoms with Gasteiger partial charge in [0.1, 0.15) is 29.2 Å². The first-order chi connectivity index (χ1) is 17.6. The van der Waals surface area contributed by atoms with E-state index in [0.717, 1.165) is 5.56 Å². The van der Waals surface area contributed by atoms with Gasteiger partial charge in [0.2, 0.25) is 5.43 Å². The summed E-state index contributed by atoms with van der Waals surface area (Å²) in [5, 5.41) is 0.337. The maximum atomic E-state index is 13.4. The molecule has 2 aromatic heterocycles. The van der Waals surface area contributed by atoms with Crippen molar-refractivity contribution in [1.29, 1.82) is 0 Å². The second kappa shape index (κ2) is 8.74. The molecule has 7 nitrogen and oxygen atoms in total. The SMILES string of the molecule is O=C1C[C@H](c2cccc(Oc3ncccn3)c2)c2c(ccc3c(=O)c(-c4ccc(F)cc4)coc23)O1. The van der Waals surface area contributed by atoms with Gasteiger partial charge in [0.15, 0.2) is 0 Å². The van der Waals surface area contributed by atoms with Crippen LogP contribution in [0.15, 0.2) is 94.6 Å². The summed E-state index contributed by atoms with van der Waals surface area (Å²) in [7, 11) is 0. The van der Waals surface area contributed by atoms with Crippen LogP contribution in [0.3, 0.4) is 0 Å². The van der Waals surface area contributed by atoms with Crippen molar-refractivity contribution in [3.63, 3.8) is 0 Å². The molecule has 0 aliphatic carbocycles. The Balaban J connectivity index is 1.46. The molecule has 0 fully saturated rings. The quantitative estimate of drug-likeness (QED) is 0.243. The minimum Gasteiger partial charge on any atom is -0.463 e. The predicted octanol–water partition coefficient (Wildman–Crippen LogP) is 5.62. The fraction of sp³-hybridized carbons (Fsp3) is 0.0714. The first kappa shape index (κ1) is 21.7. The lowest BCUT2D eigenvalue weighted by Gasteiger charge is -2.25. The number of carbonyl (C=O) groups is 1. The first-order valence-corrected chi connectivity index (χ1v) is 11.2. The Hall–Kier alpha value is -4.85. The molecule has 1 atom stereocenters. The number of halogens is 1. The normalized spacial score (nSPS) is 14.8. The topological polar surface area (TPSA) is 91.5 Å². The molecule has 0 unspecified atom stereocenters. The van der Waals surface area contributed by atoms with Gasteiger partial charge in [-0.05, 0) is 53.6 Å². The third kappa shape index (κ3) is 3.88. The van der Waals surface area contributed by atoms with Gasteiger partial charge >= 0.3 is 12.0 Å². The van der Waals surface area contributed by atoms with E-state index in [-0.39, 0.29) is 17.9 Å². The number of aromatic nitrogens is 2. The molecule has 0 radical (unpaired) electrons. The van der Waals surface area contributed by atoms with E-state index >= 15 is 0 Å². The smallest absolute Gasteiger partial charge is 0.321 e. The summed E-state index contributed by atoms with van der Waals surface area (Å²) in [5.74, 6) is -0.397. The van der Waals surface area contributed by atoms with Crippen LogP contribution in [0.5, 0.6) is 17.5 Å².